The van der Waals surface area contributed by atoms with Crippen molar-refractivity contribution < 1.29 is 9.53 Å². The highest BCUT2D eigenvalue weighted by Gasteiger charge is 2.17. The number of carbonyl (C=O) groups is 1. The molecule has 0 aromatic heterocycles. The van der Waals surface area contributed by atoms with E-state index in [1.54, 1.807) is 7.11 Å². The minimum absolute atomic E-state index is 0.0217. The second kappa shape index (κ2) is 10.7. The van der Waals surface area contributed by atoms with E-state index in [1.807, 2.05) is 43.0 Å². The topological polar surface area (TPSA) is 78.0 Å². The van der Waals surface area contributed by atoms with Crippen LogP contribution >= 0.6 is 0 Å². The first-order chi connectivity index (χ1) is 12.6. The number of hydrogen-bond acceptors (Lipinski definition) is 3. The molecule has 0 radical (unpaired) electrons. The largest absolute Gasteiger partial charge is 0.383 e. The van der Waals surface area contributed by atoms with E-state index in [9.17, 15) is 4.79 Å². The number of nitrogens with zero attached hydrogens (tertiary/aromatic N) is 2. The summed E-state index contributed by atoms with van der Waals surface area (Å²) in [4.78, 5) is 18.7. The van der Waals surface area contributed by atoms with Gasteiger partial charge in [0.1, 0.15) is 0 Å². The molecule has 1 fully saturated rings. The zero-order valence-corrected chi connectivity index (χ0v) is 16.0. The number of methoxy groups -OCH3 is 1. The Morgan fingerprint density at radius 3 is 2.81 bits per heavy atom. The molecule has 0 bridgehead atoms. The van der Waals surface area contributed by atoms with E-state index >= 15 is 0 Å². The van der Waals surface area contributed by atoms with Crippen LogP contribution in [0.5, 0.6) is 0 Å². The number of anilines is 1. The predicted molar refractivity (Wildman–Crippen MR) is 106 cm³/mol. The van der Waals surface area contributed by atoms with Gasteiger partial charge in [-0.2, -0.15) is 0 Å². The first-order valence-electron chi connectivity index (χ1n) is 9.31. The molecular formula is C19H31N5O2. The van der Waals surface area contributed by atoms with Crippen LogP contribution in [0.3, 0.4) is 0 Å². The summed E-state index contributed by atoms with van der Waals surface area (Å²) in [5.74, 6) is 0.753. The van der Waals surface area contributed by atoms with Gasteiger partial charge in [-0.15, -0.1) is 0 Å². The van der Waals surface area contributed by atoms with Crippen molar-refractivity contribution in [3.8, 4) is 0 Å². The van der Waals surface area contributed by atoms with Crippen molar-refractivity contribution >= 4 is 17.7 Å². The Bertz CT molecular complexity index is 599. The Labute approximate surface area is 156 Å². The van der Waals surface area contributed by atoms with Crippen LogP contribution in [0.25, 0.3) is 0 Å². The fourth-order valence-corrected chi connectivity index (χ4v) is 2.89. The second-order valence-electron chi connectivity index (χ2n) is 6.52. The molecule has 1 aliphatic rings. The normalized spacial score (nSPS) is 15.7. The molecule has 1 aromatic carbocycles. The number of benzene rings is 1. The Balaban J connectivity index is 1.95. The summed E-state index contributed by atoms with van der Waals surface area (Å²) in [5.41, 5.74) is 1.85. The molecule has 7 nitrogen and oxygen atoms in total. The molecule has 7 heteroatoms. The highest BCUT2D eigenvalue weighted by Crippen LogP contribution is 2.14. The average molecular weight is 361 g/mol. The molecule has 1 unspecified atom stereocenters. The van der Waals surface area contributed by atoms with E-state index in [1.165, 1.54) is 0 Å². The van der Waals surface area contributed by atoms with Crippen LogP contribution in [0.2, 0.25) is 0 Å². The van der Waals surface area contributed by atoms with Crippen molar-refractivity contribution in [2.24, 2.45) is 4.99 Å². The van der Waals surface area contributed by atoms with E-state index < -0.39 is 0 Å². The van der Waals surface area contributed by atoms with Gasteiger partial charge < -0.3 is 25.6 Å². The Morgan fingerprint density at radius 2 is 2.12 bits per heavy atom. The van der Waals surface area contributed by atoms with Crippen molar-refractivity contribution in [2.45, 2.75) is 39.3 Å². The zero-order valence-electron chi connectivity index (χ0n) is 16.0. The number of urea groups is 1. The number of likely N-dealkylation sites (tertiary alicyclic amines) is 1. The standard InChI is InChI=1S/C19H31N5O2/c1-4-20-18(22-15(2)14-26-3)21-13-16-8-7-9-17(12-16)23-19(25)24-10-5-6-11-24/h7-9,12,15H,4-6,10-11,13-14H2,1-3H3,(H,23,25)(H2,20,21,22). The molecule has 26 heavy (non-hydrogen) atoms. The van der Waals surface area contributed by atoms with Gasteiger partial charge in [0.15, 0.2) is 5.96 Å². The maximum atomic E-state index is 12.2. The lowest BCUT2D eigenvalue weighted by atomic mass is 10.2. The van der Waals surface area contributed by atoms with Crippen LogP contribution in [0, 0.1) is 0 Å². The van der Waals surface area contributed by atoms with Crippen LogP contribution < -0.4 is 16.0 Å². The van der Waals surface area contributed by atoms with Crippen LogP contribution in [0.1, 0.15) is 32.3 Å². The average Bonchev–Trinajstić information content (AvgIpc) is 3.15. The SMILES string of the molecule is CCNC(=NCc1cccc(NC(=O)N2CCCC2)c1)NC(C)COC. The maximum absolute atomic E-state index is 12.2. The monoisotopic (exact) mass is 361 g/mol. The molecule has 1 aliphatic heterocycles. The highest BCUT2D eigenvalue weighted by molar-refractivity contribution is 5.89. The molecule has 144 valence electrons. The molecule has 1 saturated heterocycles. The number of hydrogen-bond donors (Lipinski definition) is 3. The van der Waals surface area contributed by atoms with Crippen molar-refractivity contribution in [3.63, 3.8) is 0 Å². The smallest absolute Gasteiger partial charge is 0.321 e. The van der Waals surface area contributed by atoms with Crippen molar-refractivity contribution in [2.75, 3.05) is 38.7 Å². The maximum Gasteiger partial charge on any atom is 0.321 e. The van der Waals surface area contributed by atoms with Gasteiger partial charge in [0.05, 0.1) is 13.2 Å². The summed E-state index contributed by atoms with van der Waals surface area (Å²) in [6, 6.07) is 7.98. The molecule has 1 heterocycles. The van der Waals surface area contributed by atoms with Crippen molar-refractivity contribution in [1.29, 1.82) is 0 Å². The molecule has 0 saturated carbocycles. The lowest BCUT2D eigenvalue weighted by Crippen LogP contribution is -2.43. The van der Waals surface area contributed by atoms with E-state index in [-0.39, 0.29) is 12.1 Å². The first-order valence-corrected chi connectivity index (χ1v) is 9.31. The Hall–Kier alpha value is -2.28. The molecule has 0 spiro atoms. The highest BCUT2D eigenvalue weighted by atomic mass is 16.5. The van der Waals surface area contributed by atoms with Gasteiger partial charge in [-0.3, -0.25) is 0 Å². The quantitative estimate of drug-likeness (QED) is 0.515. The Kier molecular flexibility index (Phi) is 8.21. The molecule has 1 atom stereocenters. The summed E-state index contributed by atoms with van der Waals surface area (Å²) in [6.45, 7) is 7.69. The van der Waals surface area contributed by atoms with Crippen molar-refractivity contribution in [3.05, 3.63) is 29.8 Å². The van der Waals surface area contributed by atoms with Gasteiger partial charge in [-0.05, 0) is 44.4 Å². The van der Waals surface area contributed by atoms with Gasteiger partial charge in [0, 0.05) is 38.5 Å². The van der Waals surface area contributed by atoms with E-state index in [4.69, 9.17) is 4.74 Å². The number of guanidine groups is 1. The lowest BCUT2D eigenvalue weighted by molar-refractivity contribution is 0.179. The minimum Gasteiger partial charge on any atom is -0.383 e. The minimum atomic E-state index is -0.0217. The van der Waals surface area contributed by atoms with Gasteiger partial charge in [-0.1, -0.05) is 12.1 Å². The number of ether oxygens (including phenoxy) is 1. The fraction of sp³-hybridized carbons (Fsp3) is 0.579. The fourth-order valence-electron chi connectivity index (χ4n) is 2.89. The van der Waals surface area contributed by atoms with Gasteiger partial charge in [0.2, 0.25) is 0 Å². The predicted octanol–water partition coefficient (Wildman–Crippen LogP) is 2.40. The third kappa shape index (κ3) is 6.55. The van der Waals surface area contributed by atoms with E-state index in [0.29, 0.717) is 13.2 Å². The summed E-state index contributed by atoms with van der Waals surface area (Å²) in [7, 11) is 1.68. The molecule has 3 N–H and O–H groups in total. The third-order valence-electron chi connectivity index (χ3n) is 4.14. The van der Waals surface area contributed by atoms with Gasteiger partial charge in [-0.25, -0.2) is 9.79 Å². The molecule has 1 aromatic rings. The van der Waals surface area contributed by atoms with Crippen LogP contribution in [-0.2, 0) is 11.3 Å². The summed E-state index contributed by atoms with van der Waals surface area (Å²) >= 11 is 0. The summed E-state index contributed by atoms with van der Waals surface area (Å²) in [6.07, 6.45) is 2.17. The van der Waals surface area contributed by atoms with Crippen LogP contribution in [0.4, 0.5) is 10.5 Å². The van der Waals surface area contributed by atoms with Crippen molar-refractivity contribution in [1.82, 2.24) is 15.5 Å². The zero-order chi connectivity index (χ0) is 18.8. The van der Waals surface area contributed by atoms with E-state index in [2.05, 4.69) is 20.9 Å². The summed E-state index contributed by atoms with van der Waals surface area (Å²) < 4.78 is 5.15. The Morgan fingerprint density at radius 1 is 1.35 bits per heavy atom. The van der Waals surface area contributed by atoms with Gasteiger partial charge >= 0.3 is 6.03 Å². The number of rotatable bonds is 7. The number of nitrogens with one attached hydrogen (secondary N) is 3. The first kappa shape index (κ1) is 20.0. The third-order valence-corrected chi connectivity index (χ3v) is 4.14. The van der Waals surface area contributed by atoms with Crippen LogP contribution in [-0.4, -0.2) is 56.3 Å². The number of aliphatic imine (C=N–C) groups is 1. The molecule has 0 aliphatic carbocycles. The molecule has 2 rings (SSSR count). The van der Waals surface area contributed by atoms with E-state index in [0.717, 1.165) is 49.7 Å². The lowest BCUT2D eigenvalue weighted by Gasteiger charge is -2.17. The molecular weight excluding hydrogens is 330 g/mol. The second-order valence-corrected chi connectivity index (χ2v) is 6.52. The van der Waals surface area contributed by atoms with Crippen LogP contribution in [0.15, 0.2) is 29.3 Å². The number of amides is 2. The summed E-state index contributed by atoms with van der Waals surface area (Å²) in [5, 5.41) is 9.52. The van der Waals surface area contributed by atoms with Gasteiger partial charge in [0.25, 0.3) is 0 Å². The molecule has 2 amide bonds. The number of carbonyl (C=O) groups excluding carboxylic acids is 1.